The fraction of sp³-hybridized carbons (Fsp3) is 0.318. The molecule has 0 bridgehead atoms. The van der Waals surface area contributed by atoms with E-state index in [0.29, 0.717) is 16.7 Å². The second-order valence-electron chi connectivity index (χ2n) is 7.29. The van der Waals surface area contributed by atoms with Gasteiger partial charge in [-0.05, 0) is 62.6 Å². The van der Waals surface area contributed by atoms with Gasteiger partial charge in [0.1, 0.15) is 5.82 Å². The summed E-state index contributed by atoms with van der Waals surface area (Å²) in [6.45, 7) is 3.78. The first-order chi connectivity index (χ1) is 13.0. The largest absolute Gasteiger partial charge is 0.326 e. The maximum Gasteiger partial charge on any atom is 0.265 e. The number of nitrogens with zero attached hydrogens (tertiary/aromatic N) is 2. The van der Waals surface area contributed by atoms with Crippen LogP contribution in [0.2, 0.25) is 0 Å². The van der Waals surface area contributed by atoms with E-state index in [1.165, 1.54) is 0 Å². The van der Waals surface area contributed by atoms with Crippen molar-refractivity contribution in [2.24, 2.45) is 5.92 Å². The maximum atomic E-state index is 13.0. The van der Waals surface area contributed by atoms with E-state index in [2.05, 4.69) is 10.3 Å². The predicted octanol–water partition coefficient (Wildman–Crippen LogP) is 4.13. The summed E-state index contributed by atoms with van der Waals surface area (Å²) in [6.07, 6.45) is 4.21. The standard InChI is InChI=1S/C22H23N3O2/c1-14-13-17(11-12-19(14)24-21(26)16-7-3-4-8-16)25-15(2)23-20-10-6-5-9-18(20)22(25)27/h5-6,9-13,16H,3-4,7-8H2,1-2H3,(H,24,26). The summed E-state index contributed by atoms with van der Waals surface area (Å²) in [6, 6.07) is 13.0. The average Bonchev–Trinajstić information content (AvgIpc) is 3.19. The molecule has 5 nitrogen and oxygen atoms in total. The van der Waals surface area contributed by atoms with Crippen LogP contribution < -0.4 is 10.9 Å². The quantitative estimate of drug-likeness (QED) is 0.763. The van der Waals surface area contributed by atoms with Gasteiger partial charge < -0.3 is 5.32 Å². The number of aromatic nitrogens is 2. The number of carbonyl (C=O) groups is 1. The maximum absolute atomic E-state index is 13.0. The first kappa shape index (κ1) is 17.5. The Morgan fingerprint density at radius 1 is 1.11 bits per heavy atom. The molecule has 0 atom stereocenters. The molecule has 0 spiro atoms. The second kappa shape index (κ2) is 6.99. The van der Waals surface area contributed by atoms with Crippen LogP contribution in [0.3, 0.4) is 0 Å². The van der Waals surface area contributed by atoms with Crippen molar-refractivity contribution in [2.45, 2.75) is 39.5 Å². The predicted molar refractivity (Wildman–Crippen MR) is 107 cm³/mol. The molecule has 0 saturated heterocycles. The van der Waals surface area contributed by atoms with Crippen molar-refractivity contribution in [1.82, 2.24) is 9.55 Å². The summed E-state index contributed by atoms with van der Waals surface area (Å²) in [5.74, 6) is 0.864. The number of carbonyl (C=O) groups excluding carboxylic acids is 1. The topological polar surface area (TPSA) is 64.0 Å². The molecule has 1 heterocycles. The third kappa shape index (κ3) is 3.25. The Labute approximate surface area is 158 Å². The third-order valence-corrected chi connectivity index (χ3v) is 5.40. The van der Waals surface area contributed by atoms with Crippen LogP contribution in [0.1, 0.15) is 37.1 Å². The molecule has 3 aromatic rings. The van der Waals surface area contributed by atoms with Gasteiger partial charge in [-0.3, -0.25) is 14.2 Å². The summed E-state index contributed by atoms with van der Waals surface area (Å²) >= 11 is 0. The Bertz CT molecular complexity index is 1080. The van der Waals surface area contributed by atoms with E-state index >= 15 is 0 Å². The Balaban J connectivity index is 1.69. The second-order valence-corrected chi connectivity index (χ2v) is 7.29. The Kier molecular flexibility index (Phi) is 4.52. The molecule has 5 heteroatoms. The summed E-state index contributed by atoms with van der Waals surface area (Å²) in [7, 11) is 0. The summed E-state index contributed by atoms with van der Waals surface area (Å²) in [4.78, 5) is 29.9. The molecule has 1 fully saturated rings. The molecular weight excluding hydrogens is 338 g/mol. The number of anilines is 1. The zero-order valence-electron chi connectivity index (χ0n) is 15.7. The lowest BCUT2D eigenvalue weighted by atomic mass is 10.1. The summed E-state index contributed by atoms with van der Waals surface area (Å²) in [5, 5.41) is 3.64. The zero-order chi connectivity index (χ0) is 19.0. The molecule has 1 amide bonds. The number of amides is 1. The van der Waals surface area contributed by atoms with Crippen molar-refractivity contribution >= 4 is 22.5 Å². The lowest BCUT2D eigenvalue weighted by molar-refractivity contribution is -0.119. The van der Waals surface area contributed by atoms with Gasteiger partial charge in [-0.1, -0.05) is 25.0 Å². The van der Waals surface area contributed by atoms with Crippen LogP contribution in [0.25, 0.3) is 16.6 Å². The fourth-order valence-corrected chi connectivity index (χ4v) is 3.90. The molecule has 138 valence electrons. The van der Waals surface area contributed by atoms with Crippen molar-refractivity contribution in [3.63, 3.8) is 0 Å². The SMILES string of the molecule is Cc1cc(-n2c(C)nc3ccccc3c2=O)ccc1NC(=O)C1CCCC1. The minimum atomic E-state index is -0.0831. The average molecular weight is 361 g/mol. The van der Waals surface area contributed by atoms with Crippen molar-refractivity contribution in [3.8, 4) is 5.69 Å². The molecule has 0 aliphatic heterocycles. The highest BCUT2D eigenvalue weighted by Gasteiger charge is 2.23. The van der Waals surface area contributed by atoms with Crippen molar-refractivity contribution in [3.05, 3.63) is 64.2 Å². The molecule has 1 aliphatic rings. The van der Waals surface area contributed by atoms with Crippen LogP contribution in [-0.2, 0) is 4.79 Å². The van der Waals surface area contributed by atoms with E-state index in [0.717, 1.165) is 42.6 Å². The lowest BCUT2D eigenvalue weighted by Gasteiger charge is -2.15. The van der Waals surface area contributed by atoms with Gasteiger partial charge in [0.05, 0.1) is 16.6 Å². The van der Waals surface area contributed by atoms with E-state index in [1.807, 2.05) is 50.2 Å². The van der Waals surface area contributed by atoms with Crippen molar-refractivity contribution in [1.29, 1.82) is 0 Å². The van der Waals surface area contributed by atoms with Gasteiger partial charge >= 0.3 is 0 Å². The van der Waals surface area contributed by atoms with Crippen LogP contribution in [-0.4, -0.2) is 15.5 Å². The highest BCUT2D eigenvalue weighted by molar-refractivity contribution is 5.93. The summed E-state index contributed by atoms with van der Waals surface area (Å²) < 4.78 is 1.62. The van der Waals surface area contributed by atoms with Crippen molar-refractivity contribution < 1.29 is 4.79 Å². The minimum absolute atomic E-state index is 0.0831. The molecule has 1 aromatic heterocycles. The normalized spacial score (nSPS) is 14.6. The van der Waals surface area contributed by atoms with Gasteiger partial charge in [0.25, 0.3) is 5.56 Å². The van der Waals surface area contributed by atoms with Crippen LogP contribution in [0.4, 0.5) is 5.69 Å². The molecule has 27 heavy (non-hydrogen) atoms. The van der Waals surface area contributed by atoms with Crippen LogP contribution >= 0.6 is 0 Å². The number of rotatable bonds is 3. The number of hydrogen-bond acceptors (Lipinski definition) is 3. The van der Waals surface area contributed by atoms with Crippen LogP contribution in [0, 0.1) is 19.8 Å². The number of nitrogens with one attached hydrogen (secondary N) is 1. The van der Waals surface area contributed by atoms with Gasteiger partial charge in [-0.15, -0.1) is 0 Å². The first-order valence-electron chi connectivity index (χ1n) is 9.45. The van der Waals surface area contributed by atoms with E-state index < -0.39 is 0 Å². The minimum Gasteiger partial charge on any atom is -0.326 e. The van der Waals surface area contributed by atoms with Gasteiger partial charge in [0, 0.05) is 11.6 Å². The van der Waals surface area contributed by atoms with E-state index in [4.69, 9.17) is 0 Å². The number of fused-ring (bicyclic) bond motifs is 1. The fourth-order valence-electron chi connectivity index (χ4n) is 3.90. The molecule has 1 saturated carbocycles. The van der Waals surface area contributed by atoms with Gasteiger partial charge in [0.15, 0.2) is 0 Å². The first-order valence-corrected chi connectivity index (χ1v) is 9.45. The lowest BCUT2D eigenvalue weighted by Crippen LogP contribution is -2.23. The van der Waals surface area contributed by atoms with Crippen LogP contribution in [0.15, 0.2) is 47.3 Å². The number of para-hydroxylation sites is 1. The molecule has 0 unspecified atom stereocenters. The smallest absolute Gasteiger partial charge is 0.265 e. The van der Waals surface area contributed by atoms with E-state index in [9.17, 15) is 9.59 Å². The van der Waals surface area contributed by atoms with E-state index in [1.54, 1.807) is 10.6 Å². The Morgan fingerprint density at radius 3 is 2.59 bits per heavy atom. The Hall–Kier alpha value is -2.95. The number of hydrogen-bond donors (Lipinski definition) is 1. The van der Waals surface area contributed by atoms with E-state index in [-0.39, 0.29) is 17.4 Å². The number of benzene rings is 2. The van der Waals surface area contributed by atoms with Gasteiger partial charge in [-0.2, -0.15) is 0 Å². The molecule has 1 aliphatic carbocycles. The van der Waals surface area contributed by atoms with Crippen molar-refractivity contribution in [2.75, 3.05) is 5.32 Å². The number of aryl methyl sites for hydroxylation is 2. The third-order valence-electron chi connectivity index (χ3n) is 5.40. The molecule has 1 N–H and O–H groups in total. The Morgan fingerprint density at radius 2 is 1.85 bits per heavy atom. The summed E-state index contributed by atoms with van der Waals surface area (Å²) in [5.41, 5.74) is 3.11. The van der Waals surface area contributed by atoms with Gasteiger partial charge in [-0.25, -0.2) is 4.98 Å². The molecular formula is C22H23N3O2. The molecule has 4 rings (SSSR count). The monoisotopic (exact) mass is 361 g/mol. The highest BCUT2D eigenvalue weighted by atomic mass is 16.2. The molecule has 2 aromatic carbocycles. The highest BCUT2D eigenvalue weighted by Crippen LogP contribution is 2.27. The molecule has 0 radical (unpaired) electrons. The van der Waals surface area contributed by atoms with Crippen LogP contribution in [0.5, 0.6) is 0 Å². The zero-order valence-corrected chi connectivity index (χ0v) is 15.7. The van der Waals surface area contributed by atoms with Gasteiger partial charge in [0.2, 0.25) is 5.91 Å².